The van der Waals surface area contributed by atoms with Crippen molar-refractivity contribution in [3.63, 3.8) is 0 Å². The molecule has 11 nitrogen and oxygen atoms in total. The van der Waals surface area contributed by atoms with E-state index in [1.807, 2.05) is 66.9 Å². The number of anilines is 1. The van der Waals surface area contributed by atoms with Gasteiger partial charge in [-0.25, -0.2) is 14.6 Å². The van der Waals surface area contributed by atoms with Crippen LogP contribution in [-0.4, -0.2) is 80.1 Å². The van der Waals surface area contributed by atoms with Gasteiger partial charge in [0.15, 0.2) is 0 Å². The zero-order valence-corrected chi connectivity index (χ0v) is 29.9. The van der Waals surface area contributed by atoms with Crippen LogP contribution in [0.25, 0.3) is 11.0 Å². The summed E-state index contributed by atoms with van der Waals surface area (Å²) in [6, 6.07) is 7.87. The summed E-state index contributed by atoms with van der Waals surface area (Å²) in [6.07, 6.45) is 8.32. The average molecular weight is 702 g/mol. The molecule has 0 aliphatic heterocycles. The first-order chi connectivity index (χ1) is 21.4. The maximum absolute atomic E-state index is 12.3. The number of likely N-dealkylation sites (N-methyl/N-ethyl adjacent to an activating group) is 1. The Hall–Kier alpha value is -3.67. The van der Waals surface area contributed by atoms with Gasteiger partial charge in [-0.05, 0) is 114 Å². The molecule has 0 aromatic carbocycles. The number of nitrogens with one attached hydrogen (secondary N) is 1. The van der Waals surface area contributed by atoms with Crippen molar-refractivity contribution in [2.75, 3.05) is 19.8 Å². The lowest BCUT2D eigenvalue weighted by Crippen LogP contribution is -2.43. The monoisotopic (exact) mass is 700 g/mol. The van der Waals surface area contributed by atoms with Crippen LogP contribution >= 0.6 is 15.9 Å². The molecule has 1 unspecified atom stereocenters. The highest BCUT2D eigenvalue weighted by atomic mass is 79.9. The highest BCUT2D eigenvalue weighted by molar-refractivity contribution is 9.10. The van der Waals surface area contributed by atoms with Crippen LogP contribution in [0, 0.1) is 0 Å². The minimum absolute atomic E-state index is 0.146. The largest absolute Gasteiger partial charge is 0.444 e. The van der Waals surface area contributed by atoms with Gasteiger partial charge in [0.1, 0.15) is 21.6 Å². The van der Waals surface area contributed by atoms with E-state index in [0.29, 0.717) is 28.9 Å². The van der Waals surface area contributed by atoms with Crippen LogP contribution in [-0.2, 0) is 27.1 Å². The summed E-state index contributed by atoms with van der Waals surface area (Å²) in [6.45, 7) is 11.2. The maximum atomic E-state index is 12.3. The average Bonchev–Trinajstić information content (AvgIpc) is 3.35. The molecule has 3 heterocycles. The molecular formula is C34H49BrN6O5. The normalized spacial score (nSPS) is 16.6. The van der Waals surface area contributed by atoms with E-state index < -0.39 is 11.2 Å². The molecule has 252 valence electrons. The van der Waals surface area contributed by atoms with Gasteiger partial charge in [-0.15, -0.1) is 0 Å². The van der Waals surface area contributed by atoms with Crippen LogP contribution in [0.15, 0.2) is 41.3 Å². The van der Waals surface area contributed by atoms with Crippen LogP contribution in [0.3, 0.4) is 0 Å². The second-order valence-electron chi connectivity index (χ2n) is 13.7. The van der Waals surface area contributed by atoms with Crippen molar-refractivity contribution in [3.8, 4) is 0 Å². The van der Waals surface area contributed by atoms with Crippen molar-refractivity contribution < 1.29 is 23.9 Å². The van der Waals surface area contributed by atoms with Crippen molar-refractivity contribution in [2.45, 2.75) is 110 Å². The first kappa shape index (κ1) is 36.8. The smallest absolute Gasteiger partial charge is 0.410 e. The summed E-state index contributed by atoms with van der Waals surface area (Å²) in [5.74, 6) is 0.300. The summed E-state index contributed by atoms with van der Waals surface area (Å²) in [4.78, 5) is 50.3. The fourth-order valence-corrected chi connectivity index (χ4v) is 5.47. The van der Waals surface area contributed by atoms with Crippen molar-refractivity contribution in [1.29, 1.82) is 0 Å². The van der Waals surface area contributed by atoms with Gasteiger partial charge in [0.25, 0.3) is 0 Å². The molecule has 3 aromatic rings. The van der Waals surface area contributed by atoms with Gasteiger partial charge >= 0.3 is 12.2 Å². The molecule has 12 heteroatoms. The molecule has 2 aliphatic rings. The number of aromatic nitrogens is 3. The van der Waals surface area contributed by atoms with Gasteiger partial charge in [0.05, 0.1) is 16.7 Å². The molecule has 0 bridgehead atoms. The molecular weight excluding hydrogens is 652 g/mol. The zero-order valence-electron chi connectivity index (χ0n) is 28.4. The van der Waals surface area contributed by atoms with E-state index in [1.165, 1.54) is 11.3 Å². The third kappa shape index (κ3) is 11.0. The van der Waals surface area contributed by atoms with Crippen molar-refractivity contribution in [3.05, 3.63) is 52.5 Å². The molecule has 1 saturated carbocycles. The standard InChI is InChI=1S/C17H23N3O2.C12H21NO3.C5H5BrN2/c1-17(2,3)22-16(21)20(4)11-7-8-13-12(10-11)15-14(19-13)6-5-9-18-15;1-12(2,3)16-11(15)13(4)9-5-7-10(14)8-6-9;6-5-4(7)2-1-3-8-5/h5-6,9,11,19H,7-8,10H2,1-4H3;9H,5-8H2,1-4H3;1-3H,7H2. The molecule has 5 rings (SSSR count). The van der Waals surface area contributed by atoms with E-state index in [0.717, 1.165) is 43.1 Å². The lowest BCUT2D eigenvalue weighted by atomic mass is 9.92. The highest BCUT2D eigenvalue weighted by Gasteiger charge is 2.31. The second kappa shape index (κ2) is 15.8. The Bertz CT molecular complexity index is 1460. The zero-order chi connectivity index (χ0) is 34.2. The number of nitrogen functional groups attached to an aromatic ring is 1. The number of hydrogen-bond donors (Lipinski definition) is 2. The Balaban J connectivity index is 0.000000209. The van der Waals surface area contributed by atoms with E-state index in [-0.39, 0.29) is 24.3 Å². The molecule has 2 aliphatic carbocycles. The summed E-state index contributed by atoms with van der Waals surface area (Å²) in [5, 5.41) is 0. The predicted octanol–water partition coefficient (Wildman–Crippen LogP) is 7.08. The summed E-state index contributed by atoms with van der Waals surface area (Å²) < 4.78 is 11.5. The van der Waals surface area contributed by atoms with Crippen LogP contribution in [0.5, 0.6) is 0 Å². The van der Waals surface area contributed by atoms with Crippen LogP contribution < -0.4 is 5.73 Å². The van der Waals surface area contributed by atoms with Gasteiger partial charge < -0.3 is 30.0 Å². The van der Waals surface area contributed by atoms with Crippen LogP contribution in [0.1, 0.15) is 84.9 Å². The molecule has 3 aromatic heterocycles. The number of ether oxygens (including phenoxy) is 2. The number of ketones is 1. The number of aryl methyl sites for hydroxylation is 1. The minimum atomic E-state index is -0.465. The summed E-state index contributed by atoms with van der Waals surface area (Å²) in [7, 11) is 3.57. The highest BCUT2D eigenvalue weighted by Crippen LogP contribution is 2.30. The number of Topliss-reactive ketones (excluding diaryl/α,β-unsaturated/α-hetero) is 1. The Kier molecular flexibility index (Phi) is 12.6. The Morgan fingerprint density at radius 3 is 1.91 bits per heavy atom. The quantitative estimate of drug-likeness (QED) is 0.270. The number of carbonyl (C=O) groups is 3. The lowest BCUT2D eigenvalue weighted by molar-refractivity contribution is -0.121. The molecule has 3 N–H and O–H groups in total. The van der Waals surface area contributed by atoms with E-state index in [9.17, 15) is 14.4 Å². The predicted molar refractivity (Wildman–Crippen MR) is 184 cm³/mol. The number of carbonyl (C=O) groups excluding carboxylic acids is 3. The number of hydrogen-bond acceptors (Lipinski definition) is 8. The van der Waals surface area contributed by atoms with Gasteiger partial charge in [-0.3, -0.25) is 9.78 Å². The SMILES string of the molecule is CN(C(=O)OC(C)(C)C)C1CCC(=O)CC1.CN(C(=O)OC(C)(C)C)C1CCc2[nH]c3cccnc3c2C1.Nc1cccnc1Br. The number of pyridine rings is 2. The molecule has 46 heavy (non-hydrogen) atoms. The molecule has 1 fully saturated rings. The topological polar surface area (TPSA) is 144 Å². The fraction of sp³-hybridized carbons (Fsp3) is 0.559. The molecule has 2 amide bonds. The summed E-state index contributed by atoms with van der Waals surface area (Å²) in [5.41, 5.74) is 9.75. The number of rotatable bonds is 2. The molecule has 1 atom stereocenters. The number of nitrogens with two attached hydrogens (primary N) is 1. The minimum Gasteiger partial charge on any atom is -0.444 e. The van der Waals surface area contributed by atoms with E-state index in [4.69, 9.17) is 15.2 Å². The summed E-state index contributed by atoms with van der Waals surface area (Å²) >= 11 is 3.16. The first-order valence-corrected chi connectivity index (χ1v) is 16.5. The van der Waals surface area contributed by atoms with Gasteiger partial charge in [-0.1, -0.05) is 0 Å². The third-order valence-electron chi connectivity index (χ3n) is 7.67. The molecule has 0 radical (unpaired) electrons. The number of amides is 2. The number of H-pyrrole nitrogens is 1. The van der Waals surface area contributed by atoms with E-state index in [2.05, 4.69) is 30.9 Å². The third-order valence-corrected chi connectivity index (χ3v) is 8.33. The molecule has 0 saturated heterocycles. The molecule has 0 spiro atoms. The van der Waals surface area contributed by atoms with Gasteiger partial charge in [0, 0.05) is 62.7 Å². The second-order valence-corrected chi connectivity index (χ2v) is 14.5. The maximum Gasteiger partial charge on any atom is 0.410 e. The van der Waals surface area contributed by atoms with Crippen molar-refractivity contribution in [1.82, 2.24) is 24.8 Å². The van der Waals surface area contributed by atoms with Gasteiger partial charge in [-0.2, -0.15) is 0 Å². The number of fused-ring (bicyclic) bond motifs is 3. The van der Waals surface area contributed by atoms with Crippen molar-refractivity contribution >= 4 is 50.6 Å². The van der Waals surface area contributed by atoms with E-state index in [1.54, 1.807) is 35.2 Å². The van der Waals surface area contributed by atoms with Gasteiger partial charge in [0.2, 0.25) is 0 Å². The van der Waals surface area contributed by atoms with E-state index >= 15 is 0 Å². The Morgan fingerprint density at radius 1 is 0.870 bits per heavy atom. The Labute approximate surface area is 280 Å². The fourth-order valence-electron chi connectivity index (χ4n) is 5.22. The van der Waals surface area contributed by atoms with Crippen LogP contribution in [0.2, 0.25) is 0 Å². The number of halogens is 1. The number of nitrogens with zero attached hydrogens (tertiary/aromatic N) is 4. The first-order valence-electron chi connectivity index (χ1n) is 15.7. The number of aromatic amines is 1. The van der Waals surface area contributed by atoms with Crippen molar-refractivity contribution in [2.24, 2.45) is 0 Å². The Morgan fingerprint density at radius 2 is 1.39 bits per heavy atom. The van der Waals surface area contributed by atoms with Crippen LogP contribution in [0.4, 0.5) is 15.3 Å². The lowest BCUT2D eigenvalue weighted by Gasteiger charge is -2.32.